The monoisotopic (exact) mass is 514 g/mol. The van der Waals surface area contributed by atoms with Crippen molar-refractivity contribution in [3.63, 3.8) is 0 Å². The van der Waals surface area contributed by atoms with E-state index in [1.807, 2.05) is 60.7 Å². The van der Waals surface area contributed by atoms with Crippen molar-refractivity contribution >= 4 is 34.8 Å². The molecule has 4 aromatic carbocycles. The first-order valence-corrected chi connectivity index (χ1v) is 12.3. The summed E-state index contributed by atoms with van der Waals surface area (Å²) in [4.78, 5) is 27.3. The lowest BCUT2D eigenvalue weighted by Crippen LogP contribution is -2.38. The van der Waals surface area contributed by atoms with Gasteiger partial charge < -0.3 is 15.0 Å². The van der Waals surface area contributed by atoms with Crippen molar-refractivity contribution in [1.82, 2.24) is 0 Å². The standard InChI is InChI=1S/C30H24ClFN2O3/c31-25-12-7-13-26(32)24(25)18-34-27-16-22(14-15-28(27)37-19-30(34)36)33-29(35)17-23(20-8-3-1-4-9-20)21-10-5-2-6-11-21/h1-16,23H,17-19H2,(H,33,35). The number of benzene rings is 4. The van der Waals surface area contributed by atoms with Gasteiger partial charge in [-0.3, -0.25) is 9.59 Å². The number of fused-ring (bicyclic) bond motifs is 1. The second-order valence-corrected chi connectivity index (χ2v) is 9.18. The van der Waals surface area contributed by atoms with Crippen molar-refractivity contribution in [2.45, 2.75) is 18.9 Å². The molecule has 0 aromatic heterocycles. The maximum absolute atomic E-state index is 14.5. The van der Waals surface area contributed by atoms with Gasteiger partial charge in [0.2, 0.25) is 5.91 Å². The van der Waals surface area contributed by atoms with E-state index in [0.29, 0.717) is 17.1 Å². The van der Waals surface area contributed by atoms with Gasteiger partial charge in [0.1, 0.15) is 11.6 Å². The minimum Gasteiger partial charge on any atom is -0.482 e. The van der Waals surface area contributed by atoms with E-state index in [9.17, 15) is 14.0 Å². The van der Waals surface area contributed by atoms with Crippen LogP contribution < -0.4 is 15.0 Å². The smallest absolute Gasteiger partial charge is 0.265 e. The SMILES string of the molecule is O=C(CC(c1ccccc1)c1ccccc1)Nc1ccc2c(c1)N(Cc1c(F)cccc1Cl)C(=O)CO2. The molecular formula is C30H24ClFN2O3. The summed E-state index contributed by atoms with van der Waals surface area (Å²) < 4.78 is 20.0. The number of hydrogen-bond acceptors (Lipinski definition) is 3. The molecule has 1 heterocycles. The highest BCUT2D eigenvalue weighted by Gasteiger charge is 2.28. The van der Waals surface area contributed by atoms with Crippen molar-refractivity contribution in [3.8, 4) is 5.75 Å². The van der Waals surface area contributed by atoms with Crippen LogP contribution in [0.5, 0.6) is 5.75 Å². The first-order chi connectivity index (χ1) is 18.0. The fourth-order valence-electron chi connectivity index (χ4n) is 4.49. The Hall–Kier alpha value is -4.16. The summed E-state index contributed by atoms with van der Waals surface area (Å²) in [6.45, 7) is -0.219. The molecule has 0 spiro atoms. The predicted octanol–water partition coefficient (Wildman–Crippen LogP) is 6.57. The first-order valence-electron chi connectivity index (χ1n) is 11.9. The fraction of sp³-hybridized carbons (Fsp3) is 0.133. The number of ether oxygens (including phenoxy) is 1. The molecule has 1 aliphatic rings. The van der Waals surface area contributed by atoms with Gasteiger partial charge in [0.15, 0.2) is 6.61 Å². The number of nitrogens with one attached hydrogen (secondary N) is 1. The Kier molecular flexibility index (Phi) is 7.19. The number of rotatable bonds is 7. The van der Waals surface area contributed by atoms with Gasteiger partial charge in [-0.15, -0.1) is 0 Å². The van der Waals surface area contributed by atoms with Gasteiger partial charge >= 0.3 is 0 Å². The normalized spacial score (nSPS) is 12.7. The lowest BCUT2D eigenvalue weighted by atomic mass is 9.88. The largest absolute Gasteiger partial charge is 0.482 e. The van der Waals surface area contributed by atoms with E-state index in [1.165, 1.54) is 17.0 Å². The van der Waals surface area contributed by atoms with Gasteiger partial charge in [-0.25, -0.2) is 4.39 Å². The highest BCUT2D eigenvalue weighted by molar-refractivity contribution is 6.31. The minimum absolute atomic E-state index is 0.0534. The lowest BCUT2D eigenvalue weighted by Gasteiger charge is -2.30. The molecule has 186 valence electrons. The molecule has 4 aromatic rings. The lowest BCUT2D eigenvalue weighted by molar-refractivity contribution is -0.121. The molecular weight excluding hydrogens is 491 g/mol. The number of halogens is 2. The Labute approximate surface area is 219 Å². The second-order valence-electron chi connectivity index (χ2n) is 8.78. The van der Waals surface area contributed by atoms with Crippen LogP contribution in [0.4, 0.5) is 15.8 Å². The number of carbonyl (C=O) groups excluding carboxylic acids is 2. The molecule has 2 amide bonds. The Morgan fingerprint density at radius 1 is 0.946 bits per heavy atom. The number of hydrogen-bond donors (Lipinski definition) is 1. The third kappa shape index (κ3) is 5.49. The van der Waals surface area contributed by atoms with Crippen molar-refractivity contribution in [1.29, 1.82) is 0 Å². The highest BCUT2D eigenvalue weighted by Crippen LogP contribution is 2.37. The van der Waals surface area contributed by atoms with E-state index in [0.717, 1.165) is 11.1 Å². The maximum Gasteiger partial charge on any atom is 0.265 e. The van der Waals surface area contributed by atoms with Crippen molar-refractivity contribution in [2.24, 2.45) is 0 Å². The van der Waals surface area contributed by atoms with Crippen LogP contribution in [0.1, 0.15) is 29.0 Å². The molecule has 0 saturated heterocycles. The summed E-state index contributed by atoms with van der Waals surface area (Å²) in [5.41, 5.74) is 3.25. The number of amides is 2. The van der Waals surface area contributed by atoms with Gasteiger partial charge in [0, 0.05) is 28.6 Å². The van der Waals surface area contributed by atoms with Crippen molar-refractivity contribution < 1.29 is 18.7 Å². The topological polar surface area (TPSA) is 58.6 Å². The summed E-state index contributed by atoms with van der Waals surface area (Å²) in [6, 6.07) is 29.3. The molecule has 5 rings (SSSR count). The summed E-state index contributed by atoms with van der Waals surface area (Å²) in [7, 11) is 0. The van der Waals surface area contributed by atoms with Crippen molar-refractivity contribution in [2.75, 3.05) is 16.8 Å². The number of anilines is 2. The second kappa shape index (κ2) is 10.8. The van der Waals surface area contributed by atoms with E-state index in [-0.39, 0.29) is 47.9 Å². The zero-order valence-corrected chi connectivity index (χ0v) is 20.6. The Balaban J connectivity index is 1.38. The molecule has 1 aliphatic heterocycles. The average molecular weight is 515 g/mol. The average Bonchev–Trinajstić information content (AvgIpc) is 2.91. The molecule has 7 heteroatoms. The zero-order valence-electron chi connectivity index (χ0n) is 19.9. The van der Waals surface area contributed by atoms with Gasteiger partial charge in [0.05, 0.1) is 12.2 Å². The van der Waals surface area contributed by atoms with Gasteiger partial charge in [-0.2, -0.15) is 0 Å². The quantitative estimate of drug-likeness (QED) is 0.303. The van der Waals surface area contributed by atoms with E-state index in [4.69, 9.17) is 16.3 Å². The van der Waals surface area contributed by atoms with Gasteiger partial charge in [0.25, 0.3) is 5.91 Å². The molecule has 0 fully saturated rings. The molecule has 0 atom stereocenters. The Morgan fingerprint density at radius 2 is 1.62 bits per heavy atom. The third-order valence-electron chi connectivity index (χ3n) is 6.36. The van der Waals surface area contributed by atoms with Gasteiger partial charge in [-0.1, -0.05) is 78.3 Å². The van der Waals surface area contributed by atoms with E-state index in [2.05, 4.69) is 5.32 Å². The number of carbonyl (C=O) groups is 2. The minimum atomic E-state index is -0.495. The molecule has 0 radical (unpaired) electrons. The van der Waals surface area contributed by atoms with Crippen LogP contribution in [0.3, 0.4) is 0 Å². The van der Waals surface area contributed by atoms with Crippen LogP contribution in [0.2, 0.25) is 5.02 Å². The summed E-state index contributed by atoms with van der Waals surface area (Å²) in [5.74, 6) is -0.653. The zero-order chi connectivity index (χ0) is 25.8. The predicted molar refractivity (Wildman–Crippen MR) is 143 cm³/mol. The molecule has 5 nitrogen and oxygen atoms in total. The Bertz CT molecular complexity index is 1370. The summed E-state index contributed by atoms with van der Waals surface area (Å²) in [6.07, 6.45) is 0.231. The van der Waals surface area contributed by atoms with Crippen LogP contribution in [0.25, 0.3) is 0 Å². The Morgan fingerprint density at radius 3 is 2.27 bits per heavy atom. The molecule has 0 bridgehead atoms. The van der Waals surface area contributed by atoms with E-state index in [1.54, 1.807) is 24.3 Å². The van der Waals surface area contributed by atoms with Gasteiger partial charge in [-0.05, 0) is 41.5 Å². The summed E-state index contributed by atoms with van der Waals surface area (Å²) >= 11 is 6.21. The highest BCUT2D eigenvalue weighted by atomic mass is 35.5. The number of nitrogens with zero attached hydrogens (tertiary/aromatic N) is 1. The molecule has 0 aliphatic carbocycles. The third-order valence-corrected chi connectivity index (χ3v) is 6.71. The van der Waals surface area contributed by atoms with Crippen LogP contribution in [0.15, 0.2) is 97.1 Å². The maximum atomic E-state index is 14.5. The van der Waals surface area contributed by atoms with Crippen LogP contribution in [0, 0.1) is 5.82 Å². The first kappa shape index (κ1) is 24.5. The fourth-order valence-corrected chi connectivity index (χ4v) is 4.71. The van der Waals surface area contributed by atoms with Crippen LogP contribution in [-0.2, 0) is 16.1 Å². The van der Waals surface area contributed by atoms with Crippen LogP contribution >= 0.6 is 11.6 Å². The van der Waals surface area contributed by atoms with Crippen molar-refractivity contribution in [3.05, 3.63) is 125 Å². The molecule has 0 unspecified atom stereocenters. The van der Waals surface area contributed by atoms with E-state index < -0.39 is 5.82 Å². The molecule has 37 heavy (non-hydrogen) atoms. The summed E-state index contributed by atoms with van der Waals surface area (Å²) in [5, 5.41) is 3.19. The van der Waals surface area contributed by atoms with Crippen LogP contribution in [-0.4, -0.2) is 18.4 Å². The molecule has 0 saturated carbocycles. The molecule has 1 N–H and O–H groups in total. The van der Waals surface area contributed by atoms with E-state index >= 15 is 0 Å².